The molecule has 76 valence electrons. The van der Waals surface area contributed by atoms with Crippen LogP contribution in [0, 0.1) is 0 Å². The molecule has 0 amide bonds. The van der Waals surface area contributed by atoms with Crippen LogP contribution in [0.2, 0.25) is 0 Å². The first-order valence-corrected chi connectivity index (χ1v) is 0. The molecule has 10 heteroatoms. The molecule has 10 heavy (non-hydrogen) atoms. The second-order valence-electron chi connectivity index (χ2n) is 0. The molecular formula is H17Cl3O6Sr. The average Bonchev–Trinajstić information content (AvgIpc) is 0. The van der Waals surface area contributed by atoms with Gasteiger partial charge in [-0.1, -0.05) is 0 Å². The van der Waals surface area contributed by atoms with Crippen molar-refractivity contribution in [3.63, 3.8) is 0 Å². The van der Waals surface area contributed by atoms with Crippen molar-refractivity contribution in [2.24, 2.45) is 0 Å². The molecule has 0 heterocycles. The van der Waals surface area contributed by atoms with E-state index in [2.05, 4.69) is 0 Å². The third kappa shape index (κ3) is 188. The molecule has 0 atom stereocenters. The molecule has 0 aromatic heterocycles. The molecule has 0 aliphatic heterocycles. The molecule has 0 aliphatic carbocycles. The topological polar surface area (TPSA) is 189 Å². The van der Waals surface area contributed by atoms with E-state index in [0.29, 0.717) is 0 Å². The van der Waals surface area contributed by atoms with Crippen molar-refractivity contribution in [2.45, 2.75) is 0 Å². The molecule has 0 bridgehead atoms. The van der Waals surface area contributed by atoms with Crippen LogP contribution in [0.1, 0.15) is 0 Å². The molecule has 0 saturated heterocycles. The summed E-state index contributed by atoms with van der Waals surface area (Å²) in [6.45, 7) is 0. The summed E-state index contributed by atoms with van der Waals surface area (Å²) in [6, 6.07) is 0. The van der Waals surface area contributed by atoms with E-state index in [1.165, 1.54) is 0 Å². The third-order valence-corrected chi connectivity index (χ3v) is 0. The molecule has 0 saturated carbocycles. The van der Waals surface area contributed by atoms with Gasteiger partial charge in [0.2, 0.25) is 0 Å². The minimum atomic E-state index is 0. The maximum atomic E-state index is 0. The van der Waals surface area contributed by atoms with Crippen LogP contribution in [0.4, 0.5) is 0 Å². The van der Waals surface area contributed by atoms with Crippen molar-refractivity contribution in [1.82, 2.24) is 0 Å². The van der Waals surface area contributed by atoms with Crippen LogP contribution in [0.5, 0.6) is 0 Å². The van der Waals surface area contributed by atoms with Gasteiger partial charge in [0.1, 0.15) is 0 Å². The first kappa shape index (κ1) is 336. The summed E-state index contributed by atoms with van der Waals surface area (Å²) in [5.74, 6) is 0. The van der Waals surface area contributed by atoms with Crippen LogP contribution in [0.3, 0.4) is 0 Å². The number of halogens is 3. The van der Waals surface area contributed by atoms with Gasteiger partial charge in [0.05, 0.1) is 0 Å². The Kier molecular flexibility index (Phi) is 8560. The van der Waals surface area contributed by atoms with Gasteiger partial charge in [0.15, 0.2) is 0 Å². The standard InChI is InChI=1S/3ClH.6H2O.Sr.2H/h3*1H;6*1H2;;;. The summed E-state index contributed by atoms with van der Waals surface area (Å²) in [4.78, 5) is 0. The Balaban J connectivity index is 0. The van der Waals surface area contributed by atoms with E-state index in [1.807, 2.05) is 0 Å². The van der Waals surface area contributed by atoms with Crippen molar-refractivity contribution < 1.29 is 32.9 Å². The molecule has 6 nitrogen and oxygen atoms in total. The van der Waals surface area contributed by atoms with Gasteiger partial charge in [-0.15, -0.1) is 37.2 Å². The van der Waals surface area contributed by atoms with E-state index in [0.717, 1.165) is 0 Å². The summed E-state index contributed by atoms with van der Waals surface area (Å²) in [5.41, 5.74) is 0. The Hall–Kier alpha value is 2.11. The second-order valence-corrected chi connectivity index (χ2v) is 0. The fourth-order valence-electron chi connectivity index (χ4n) is 0. The Morgan fingerprint density at radius 3 is 0.300 bits per heavy atom. The quantitative estimate of drug-likeness (QED) is 0.389. The van der Waals surface area contributed by atoms with E-state index < -0.39 is 0 Å². The Morgan fingerprint density at radius 2 is 0.300 bits per heavy atom. The molecule has 0 aromatic carbocycles. The van der Waals surface area contributed by atoms with Crippen LogP contribution < -0.4 is 0 Å². The van der Waals surface area contributed by atoms with E-state index in [-0.39, 0.29) is 116 Å². The monoisotopic (exact) mass is 306 g/mol. The van der Waals surface area contributed by atoms with Gasteiger partial charge in [-0.2, -0.15) is 0 Å². The van der Waals surface area contributed by atoms with Crippen LogP contribution in [0.25, 0.3) is 0 Å². The van der Waals surface area contributed by atoms with Gasteiger partial charge in [-0.05, 0) is 0 Å². The fourth-order valence-corrected chi connectivity index (χ4v) is 0. The van der Waals surface area contributed by atoms with Crippen molar-refractivity contribution >= 4 is 82.7 Å². The Labute approximate surface area is 114 Å². The maximum absolute atomic E-state index is 0. The van der Waals surface area contributed by atoms with E-state index in [4.69, 9.17) is 0 Å². The first-order valence-electron chi connectivity index (χ1n) is 0. The first-order chi connectivity index (χ1) is 0. The molecule has 0 rings (SSSR count). The summed E-state index contributed by atoms with van der Waals surface area (Å²) >= 11 is 0. The Morgan fingerprint density at radius 1 is 0.300 bits per heavy atom. The average molecular weight is 307 g/mol. The molecule has 0 aromatic rings. The zero-order chi connectivity index (χ0) is 0. The number of hydrogen-bond donors (Lipinski definition) is 0. The fraction of sp³-hybridized carbons (Fsp3) is 0. The zero-order valence-corrected chi connectivity index (χ0v) is 6.67. The predicted octanol–water partition coefficient (Wildman–Crippen LogP) is -4.60. The molecule has 0 fully saturated rings. The van der Waals surface area contributed by atoms with Crippen LogP contribution in [-0.2, 0) is 0 Å². The molecular weight excluding hydrogens is 290 g/mol. The van der Waals surface area contributed by atoms with Gasteiger partial charge in [0.25, 0.3) is 0 Å². The van der Waals surface area contributed by atoms with Gasteiger partial charge in [-0.25, -0.2) is 0 Å². The normalized spacial score (nSPS) is 0. The molecule has 0 aliphatic rings. The number of rotatable bonds is 0. The van der Waals surface area contributed by atoms with E-state index >= 15 is 0 Å². The Bertz CT molecular complexity index is 13.0. The molecule has 0 spiro atoms. The van der Waals surface area contributed by atoms with Gasteiger partial charge < -0.3 is 32.9 Å². The van der Waals surface area contributed by atoms with E-state index in [1.54, 1.807) is 0 Å². The SMILES string of the molecule is Cl.Cl.Cl.O.O.O.O.O.O.[SrH2]. The molecule has 12 N–H and O–H groups in total. The second kappa shape index (κ2) is 255. The van der Waals surface area contributed by atoms with Crippen LogP contribution in [0.15, 0.2) is 0 Å². The van der Waals surface area contributed by atoms with Crippen molar-refractivity contribution in [1.29, 1.82) is 0 Å². The summed E-state index contributed by atoms with van der Waals surface area (Å²) < 4.78 is 0. The number of hydrogen-bond acceptors (Lipinski definition) is 0. The van der Waals surface area contributed by atoms with Gasteiger partial charge >= 0.3 is 45.5 Å². The van der Waals surface area contributed by atoms with Crippen molar-refractivity contribution in [3.05, 3.63) is 0 Å². The predicted molar refractivity (Wildman–Crippen MR) is 52.0 cm³/mol. The van der Waals surface area contributed by atoms with Gasteiger partial charge in [0, 0.05) is 0 Å². The molecule has 0 radical (unpaired) electrons. The third-order valence-electron chi connectivity index (χ3n) is 0. The summed E-state index contributed by atoms with van der Waals surface area (Å²) in [5, 5.41) is 0. The summed E-state index contributed by atoms with van der Waals surface area (Å²) in [7, 11) is 0. The zero-order valence-electron chi connectivity index (χ0n) is 4.22. The minimum absolute atomic E-state index is 0. The molecule has 0 unspecified atom stereocenters. The van der Waals surface area contributed by atoms with Gasteiger partial charge in [-0.3, -0.25) is 0 Å². The van der Waals surface area contributed by atoms with Crippen LogP contribution >= 0.6 is 37.2 Å². The summed E-state index contributed by atoms with van der Waals surface area (Å²) in [6.07, 6.45) is 0. The van der Waals surface area contributed by atoms with E-state index in [9.17, 15) is 0 Å². The van der Waals surface area contributed by atoms with Crippen molar-refractivity contribution in [3.8, 4) is 0 Å². The van der Waals surface area contributed by atoms with Crippen molar-refractivity contribution in [2.75, 3.05) is 0 Å². The van der Waals surface area contributed by atoms with Crippen LogP contribution in [-0.4, -0.2) is 78.3 Å².